The van der Waals surface area contributed by atoms with Crippen LogP contribution in [0.1, 0.15) is 23.3 Å². The molecule has 1 aromatic heterocycles. The minimum Gasteiger partial charge on any atom is -0.384 e. The van der Waals surface area contributed by atoms with Crippen molar-refractivity contribution in [3.63, 3.8) is 0 Å². The third-order valence-electron chi connectivity index (χ3n) is 4.60. The lowest BCUT2D eigenvalue weighted by molar-refractivity contribution is -0.130. The number of carbonyl (C=O) groups is 1. The summed E-state index contributed by atoms with van der Waals surface area (Å²) in [5.74, 6) is -1.82. The van der Waals surface area contributed by atoms with Gasteiger partial charge in [-0.15, -0.1) is 11.3 Å². The molecule has 0 radical (unpaired) electrons. The van der Waals surface area contributed by atoms with Gasteiger partial charge in [-0.2, -0.15) is 0 Å². The predicted octanol–water partition coefficient (Wildman–Crippen LogP) is 2.97. The molecule has 1 amide bonds. The van der Waals surface area contributed by atoms with Gasteiger partial charge in [0.25, 0.3) is 0 Å². The minimum absolute atomic E-state index is 0.0884. The largest absolute Gasteiger partial charge is 0.384 e. The molecule has 0 unspecified atom stereocenters. The zero-order valence-electron chi connectivity index (χ0n) is 14.5. The number of benzene rings is 1. The van der Waals surface area contributed by atoms with Crippen molar-refractivity contribution in [2.75, 3.05) is 32.1 Å². The minimum atomic E-state index is -0.868. The molecule has 2 aromatic rings. The summed E-state index contributed by atoms with van der Waals surface area (Å²) in [4.78, 5) is 17.9. The van der Waals surface area contributed by atoms with Gasteiger partial charge in [0.15, 0.2) is 16.8 Å². The van der Waals surface area contributed by atoms with E-state index in [4.69, 9.17) is 4.74 Å². The van der Waals surface area contributed by atoms with Crippen molar-refractivity contribution in [1.82, 2.24) is 10.3 Å². The van der Waals surface area contributed by atoms with E-state index in [2.05, 4.69) is 15.6 Å². The number of ether oxygens (including phenoxy) is 1. The van der Waals surface area contributed by atoms with Crippen LogP contribution in [0.5, 0.6) is 0 Å². The van der Waals surface area contributed by atoms with E-state index >= 15 is 0 Å². The number of hydrogen-bond acceptors (Lipinski definition) is 5. The number of methoxy groups -OCH3 is 1. The number of hydrogen-bond donors (Lipinski definition) is 2. The van der Waals surface area contributed by atoms with Gasteiger partial charge < -0.3 is 15.4 Å². The van der Waals surface area contributed by atoms with Crippen molar-refractivity contribution < 1.29 is 18.3 Å². The van der Waals surface area contributed by atoms with Crippen LogP contribution in [0.2, 0.25) is 0 Å². The van der Waals surface area contributed by atoms with Crippen LogP contribution < -0.4 is 10.6 Å². The van der Waals surface area contributed by atoms with E-state index in [9.17, 15) is 13.6 Å². The Labute approximate surface area is 154 Å². The molecule has 8 heteroatoms. The van der Waals surface area contributed by atoms with Crippen LogP contribution in [0.15, 0.2) is 24.4 Å². The van der Waals surface area contributed by atoms with Crippen LogP contribution in [0.4, 0.5) is 13.9 Å². The van der Waals surface area contributed by atoms with Crippen molar-refractivity contribution in [1.29, 1.82) is 0 Å². The highest BCUT2D eigenvalue weighted by Gasteiger charge is 2.40. The van der Waals surface area contributed by atoms with Crippen molar-refractivity contribution in [2.24, 2.45) is 5.41 Å². The van der Waals surface area contributed by atoms with E-state index < -0.39 is 17.0 Å². The van der Waals surface area contributed by atoms with Crippen LogP contribution in [-0.2, 0) is 16.0 Å². The van der Waals surface area contributed by atoms with Crippen LogP contribution in [0, 0.1) is 17.0 Å². The maximum absolute atomic E-state index is 13.3. The molecule has 1 aromatic carbocycles. The van der Waals surface area contributed by atoms with E-state index in [-0.39, 0.29) is 5.91 Å². The van der Waals surface area contributed by atoms with Gasteiger partial charge in [0, 0.05) is 24.6 Å². The summed E-state index contributed by atoms with van der Waals surface area (Å²) >= 11 is 1.33. The van der Waals surface area contributed by atoms with E-state index in [0.29, 0.717) is 36.6 Å². The molecule has 26 heavy (non-hydrogen) atoms. The van der Waals surface area contributed by atoms with E-state index in [1.807, 2.05) is 0 Å². The van der Waals surface area contributed by atoms with Gasteiger partial charge >= 0.3 is 0 Å². The van der Waals surface area contributed by atoms with Crippen molar-refractivity contribution >= 4 is 22.4 Å². The zero-order valence-corrected chi connectivity index (χ0v) is 15.3. The average molecular weight is 381 g/mol. The Bertz CT molecular complexity index is 770. The quantitative estimate of drug-likeness (QED) is 0.808. The second-order valence-electron chi connectivity index (χ2n) is 6.47. The molecule has 5 nitrogen and oxygen atoms in total. The number of aromatic nitrogens is 1. The van der Waals surface area contributed by atoms with Gasteiger partial charge in [-0.1, -0.05) is 6.07 Å². The highest BCUT2D eigenvalue weighted by molar-refractivity contribution is 7.15. The molecule has 1 aliphatic rings. The smallest absolute Gasteiger partial charge is 0.234 e. The molecule has 0 saturated carbocycles. The third kappa shape index (κ3) is 4.25. The Morgan fingerprint density at radius 3 is 2.81 bits per heavy atom. The third-order valence-corrected chi connectivity index (χ3v) is 5.51. The summed E-state index contributed by atoms with van der Waals surface area (Å²) in [5.41, 5.74) is 0.103. The number of piperidine rings is 1. The first-order valence-corrected chi connectivity index (χ1v) is 9.24. The van der Waals surface area contributed by atoms with Crippen molar-refractivity contribution in [2.45, 2.75) is 19.3 Å². The molecule has 0 spiro atoms. The fourth-order valence-electron chi connectivity index (χ4n) is 3.15. The van der Waals surface area contributed by atoms with E-state index in [1.54, 1.807) is 19.4 Å². The first kappa shape index (κ1) is 18.9. The first-order chi connectivity index (χ1) is 12.5. The van der Waals surface area contributed by atoms with E-state index in [1.165, 1.54) is 17.4 Å². The molecule has 1 aliphatic heterocycles. The highest BCUT2D eigenvalue weighted by Crippen LogP contribution is 2.32. The molecular weight excluding hydrogens is 360 g/mol. The SMILES string of the molecule is COCC1(C(=O)Nc2ncc(Cc3ccc(F)c(F)c3)s2)CCNCC1. The number of rotatable bonds is 6. The average Bonchev–Trinajstić information content (AvgIpc) is 3.06. The number of carbonyl (C=O) groups excluding carboxylic acids is 1. The van der Waals surface area contributed by atoms with Crippen LogP contribution >= 0.6 is 11.3 Å². The highest BCUT2D eigenvalue weighted by atomic mass is 32.1. The number of anilines is 1. The standard InChI is InChI=1S/C18H21F2N3O2S/c1-25-11-18(4-6-21-7-5-18)16(24)23-17-22-10-13(26-17)8-12-2-3-14(19)15(20)9-12/h2-3,9-10,21H,4-8,11H2,1H3,(H,22,23,24). The predicted molar refractivity (Wildman–Crippen MR) is 96.3 cm³/mol. The van der Waals surface area contributed by atoms with Crippen LogP contribution in [-0.4, -0.2) is 37.7 Å². The molecule has 0 atom stereocenters. The lowest BCUT2D eigenvalue weighted by atomic mass is 9.79. The van der Waals surface area contributed by atoms with Gasteiger partial charge in [-0.25, -0.2) is 13.8 Å². The lowest BCUT2D eigenvalue weighted by Gasteiger charge is -2.35. The summed E-state index contributed by atoms with van der Waals surface area (Å²) in [6.45, 7) is 1.92. The zero-order chi connectivity index (χ0) is 18.6. The van der Waals surface area contributed by atoms with Gasteiger partial charge in [-0.05, 0) is 43.6 Å². The van der Waals surface area contributed by atoms with Gasteiger partial charge in [0.2, 0.25) is 5.91 Å². The molecule has 1 saturated heterocycles. The van der Waals surface area contributed by atoms with Crippen LogP contribution in [0.3, 0.4) is 0 Å². The van der Waals surface area contributed by atoms with Crippen LogP contribution in [0.25, 0.3) is 0 Å². The summed E-state index contributed by atoms with van der Waals surface area (Å²) < 4.78 is 31.6. The molecule has 140 valence electrons. The first-order valence-electron chi connectivity index (χ1n) is 8.42. The maximum Gasteiger partial charge on any atom is 0.234 e. The van der Waals surface area contributed by atoms with Gasteiger partial charge in [-0.3, -0.25) is 4.79 Å². The Kier molecular flexibility index (Phi) is 5.95. The number of halogens is 2. The van der Waals surface area contributed by atoms with E-state index in [0.717, 1.165) is 24.0 Å². The summed E-state index contributed by atoms with van der Waals surface area (Å²) in [5, 5.41) is 6.64. The summed E-state index contributed by atoms with van der Waals surface area (Å²) in [6.07, 6.45) is 3.49. The number of nitrogens with zero attached hydrogens (tertiary/aromatic N) is 1. The topological polar surface area (TPSA) is 63.2 Å². The molecule has 3 rings (SSSR count). The monoisotopic (exact) mass is 381 g/mol. The second-order valence-corrected chi connectivity index (χ2v) is 7.59. The lowest BCUT2D eigenvalue weighted by Crippen LogP contribution is -2.47. The molecule has 0 aliphatic carbocycles. The molecule has 1 fully saturated rings. The molecule has 0 bridgehead atoms. The Morgan fingerprint density at radius 1 is 1.35 bits per heavy atom. The molecular formula is C18H21F2N3O2S. The number of thiazole rings is 1. The maximum atomic E-state index is 13.3. The fourth-order valence-corrected chi connectivity index (χ4v) is 3.99. The van der Waals surface area contributed by atoms with Gasteiger partial charge in [0.1, 0.15) is 0 Å². The fraction of sp³-hybridized carbons (Fsp3) is 0.444. The number of amides is 1. The summed E-state index contributed by atoms with van der Waals surface area (Å²) in [6, 6.07) is 3.83. The normalized spacial score (nSPS) is 16.4. The van der Waals surface area contributed by atoms with Crippen molar-refractivity contribution in [3.8, 4) is 0 Å². The Morgan fingerprint density at radius 2 is 2.12 bits per heavy atom. The molecule has 2 N–H and O–H groups in total. The van der Waals surface area contributed by atoms with Gasteiger partial charge in [0.05, 0.1) is 12.0 Å². The summed E-state index contributed by atoms with van der Waals surface area (Å²) in [7, 11) is 1.60. The second kappa shape index (κ2) is 8.20. The Balaban J connectivity index is 1.67. The van der Waals surface area contributed by atoms with Crippen molar-refractivity contribution in [3.05, 3.63) is 46.5 Å². The number of nitrogens with one attached hydrogen (secondary N) is 2. The Hall–Kier alpha value is -1.90. The molecule has 2 heterocycles.